The highest BCUT2D eigenvalue weighted by Crippen LogP contribution is 2.55. The summed E-state index contributed by atoms with van der Waals surface area (Å²) in [6.07, 6.45) is 4.90. The van der Waals surface area contributed by atoms with E-state index in [-0.39, 0.29) is 150 Å². The number of alkyl halides is 2. The van der Waals surface area contributed by atoms with E-state index >= 15 is 0 Å². The average Bonchev–Trinajstić information content (AvgIpc) is 1.60. The first kappa shape index (κ1) is 87.2. The number of carbonyl (C=O) groups excluding carboxylic acids is 9. The molecule has 34 heteroatoms. The molecule has 6 atom stereocenters. The lowest BCUT2D eigenvalue weighted by Crippen LogP contribution is -2.54. The van der Waals surface area contributed by atoms with Crippen LogP contribution in [-0.4, -0.2) is 228 Å². The monoisotopic (exact) mass is 1610 g/mol. The molecule has 4 heterocycles. The number of hydrogen-bond donors (Lipinski definition) is 7. The number of urea groups is 1. The summed E-state index contributed by atoms with van der Waals surface area (Å²) in [5, 5.41) is 16.6. The number of fused-ring (bicyclic) bond motifs is 6. The molecule has 0 spiro atoms. The molecule has 8 N–H and O–H groups in total. The molecule has 5 aromatic rings. The molecule has 0 radical (unpaired) electrons. The van der Waals surface area contributed by atoms with E-state index in [4.69, 9.17) is 66.6 Å². The summed E-state index contributed by atoms with van der Waals surface area (Å²) in [6, 6.07) is 7.61. The highest BCUT2D eigenvalue weighted by Gasteiger charge is 2.40. The van der Waals surface area contributed by atoms with Crippen molar-refractivity contribution in [2.24, 2.45) is 17.6 Å². The maximum atomic E-state index is 14.4. The minimum atomic E-state index is -4.85. The van der Waals surface area contributed by atoms with Gasteiger partial charge in [0.25, 0.3) is 11.8 Å². The van der Waals surface area contributed by atoms with Crippen LogP contribution in [0.4, 0.5) is 21.0 Å². The maximum absolute atomic E-state index is 14.4. The number of phosphoric acid groups is 1. The fraction of sp³-hybridized carbons (Fsp3) is 0.560. The number of hydrogen-bond acceptors (Lipinski definition) is 20. The Kier molecular flexibility index (Phi) is 34.3. The highest BCUT2D eigenvalue weighted by atomic mass is 35.5. The van der Waals surface area contributed by atoms with Gasteiger partial charge in [-0.1, -0.05) is 32.9 Å². The first-order chi connectivity index (χ1) is 52.2. The molecule has 1 aliphatic carbocycles. The summed E-state index contributed by atoms with van der Waals surface area (Å²) in [7, 11) is -1.61. The van der Waals surface area contributed by atoms with Gasteiger partial charge >= 0.3 is 19.9 Å². The van der Waals surface area contributed by atoms with E-state index in [1.165, 1.54) is 44.6 Å². The van der Waals surface area contributed by atoms with Crippen molar-refractivity contribution in [1.29, 1.82) is 0 Å². The normalized spacial score (nSPS) is 16.2. The van der Waals surface area contributed by atoms with Crippen molar-refractivity contribution in [1.82, 2.24) is 30.7 Å². The van der Waals surface area contributed by atoms with E-state index < -0.39 is 49.8 Å². The van der Waals surface area contributed by atoms with Gasteiger partial charge in [0.2, 0.25) is 29.5 Å². The molecule has 2 aromatic heterocycles. The van der Waals surface area contributed by atoms with E-state index in [9.17, 15) is 57.5 Å². The largest absolute Gasteiger partial charge is 0.524 e. The number of phosphoric ester groups is 1. The number of ether oxygens (including phenoxy) is 7. The van der Waals surface area contributed by atoms with E-state index in [2.05, 4.69) is 28.2 Å². The molecule has 0 saturated heterocycles. The fourth-order valence-electron chi connectivity index (χ4n) is 13.4. The van der Waals surface area contributed by atoms with Crippen molar-refractivity contribution in [2.75, 3.05) is 148 Å². The van der Waals surface area contributed by atoms with Gasteiger partial charge in [-0.05, 0) is 138 Å². The summed E-state index contributed by atoms with van der Waals surface area (Å²) < 4.78 is 57.9. The van der Waals surface area contributed by atoms with Gasteiger partial charge in [0, 0.05) is 112 Å². The second kappa shape index (κ2) is 42.9. The van der Waals surface area contributed by atoms with Crippen LogP contribution in [-0.2, 0) is 73.0 Å². The van der Waals surface area contributed by atoms with Crippen LogP contribution in [0.3, 0.4) is 0 Å². The number of primary amides is 1. The summed E-state index contributed by atoms with van der Waals surface area (Å²) in [4.78, 5) is 142. The second-order valence-electron chi connectivity index (χ2n) is 27.6. The third kappa shape index (κ3) is 25.3. The Labute approximate surface area is 653 Å². The molecule has 2 aliphatic heterocycles. The maximum Gasteiger partial charge on any atom is 0.524 e. The highest BCUT2D eigenvalue weighted by molar-refractivity contribution is 7.46. The number of nitrogens with two attached hydrogens (primary N) is 1. The Bertz CT molecular complexity index is 4030. The lowest BCUT2D eigenvalue weighted by atomic mass is 9.84. The van der Waals surface area contributed by atoms with Gasteiger partial charge < -0.3 is 79.4 Å². The third-order valence-corrected chi connectivity index (χ3v) is 22.7. The summed E-state index contributed by atoms with van der Waals surface area (Å²) in [5.41, 5.74) is 12.1. The van der Waals surface area contributed by atoms with E-state index in [1.54, 1.807) is 69.2 Å². The molecule has 598 valence electrons. The van der Waals surface area contributed by atoms with Crippen LogP contribution in [0, 0.1) is 25.7 Å². The van der Waals surface area contributed by atoms with Gasteiger partial charge in [0.15, 0.2) is 5.75 Å². The molecule has 3 aromatic carbocycles. The van der Waals surface area contributed by atoms with Crippen molar-refractivity contribution < 1.29 is 95.2 Å². The Morgan fingerprint density at radius 2 is 1.26 bits per heavy atom. The SMILES string of the molecule is Cc1csc2c(OP(=O)(O)O)cc3c(c12)[C@H](CCl)CC3C(C)CCCC(=O)N1C[C@@H](CCl)c2c1cc(OC(=O)N(C)CCN(C)C(=O)CCc1ccc(NC(=O)[C@H](CCCNC(N)=O)NC(=O)[C@@H](NC(=O)CCOCCOCCOCCOCCOCCOCCN3C(=O)C=CC3=O)C(C)C)cc1)c1scc(C)c21. The van der Waals surface area contributed by atoms with E-state index in [0.29, 0.717) is 106 Å². The molecule has 8 rings (SSSR count). The Morgan fingerprint density at radius 1 is 0.688 bits per heavy atom. The van der Waals surface area contributed by atoms with Gasteiger partial charge in [-0.25, -0.2) is 14.2 Å². The molecule has 0 fully saturated rings. The standard InChI is InChI=1S/C75H102Cl2N9O20PS2/c1-46(2)69(82-60(87)21-26-99-28-30-101-32-34-103-36-37-104-35-33-102-31-29-100-27-25-85-63(90)19-20-64(85)91)73(93)81-56(11-9-22-79-74(78)94)72(92)80-53-16-13-50(14-17-53)15-18-61(88)83(6)23-24-84(7)75(95)105-58-40-57-68(66-49(5)45-108-70(58)66)52(42-77)43-86(57)62(89)12-8-10-47(3)54-38-51(41-76)67-55(54)39-59(106-107(96,97)98)71-65(67)48(4)44-109-71/h13-14,16-17,19-20,39-40,44-47,51-52,54,56,69H,8-12,15,18,21-38,41-43H2,1-7H3,(H,80,92)(H,81,93)(H,82,87)(H3,78,79,94)(H2,96,97,98)/t47?,51-,52+,54?,56-,69-/m0/s1. The fourth-order valence-corrected chi connectivity index (χ4v) is 16.5. The summed E-state index contributed by atoms with van der Waals surface area (Å²) >= 11 is 16.1. The number of thiophene rings is 2. The number of aryl methyl sites for hydroxylation is 3. The predicted molar refractivity (Wildman–Crippen MR) is 416 cm³/mol. The van der Waals surface area contributed by atoms with Crippen molar-refractivity contribution >= 4 is 139 Å². The third-order valence-electron chi connectivity index (χ3n) is 19.3. The number of carbonyl (C=O) groups is 9. The van der Waals surface area contributed by atoms with Crippen LogP contribution in [0.1, 0.15) is 123 Å². The number of nitrogens with one attached hydrogen (secondary N) is 4. The molecule has 109 heavy (non-hydrogen) atoms. The van der Waals surface area contributed by atoms with Crippen molar-refractivity contribution in [2.45, 2.75) is 122 Å². The Balaban J connectivity index is 0.730. The van der Waals surface area contributed by atoms with Gasteiger partial charge in [-0.15, -0.1) is 45.9 Å². The van der Waals surface area contributed by atoms with Crippen LogP contribution in [0.25, 0.3) is 20.2 Å². The molecule has 0 saturated carbocycles. The predicted octanol–water partition coefficient (Wildman–Crippen LogP) is 9.14. The zero-order valence-corrected chi connectivity index (χ0v) is 66.8. The van der Waals surface area contributed by atoms with Crippen LogP contribution in [0.15, 0.2) is 59.3 Å². The first-order valence-electron chi connectivity index (χ1n) is 36.6. The van der Waals surface area contributed by atoms with Gasteiger partial charge in [-0.3, -0.25) is 48.2 Å². The van der Waals surface area contributed by atoms with Crippen LogP contribution >= 0.6 is 53.7 Å². The Morgan fingerprint density at radius 3 is 1.83 bits per heavy atom. The molecule has 3 aliphatic rings. The zero-order chi connectivity index (χ0) is 78.9. The van der Waals surface area contributed by atoms with Crippen LogP contribution in [0.2, 0.25) is 0 Å². The minimum absolute atomic E-state index is 0.0131. The number of anilines is 2. The molecule has 29 nitrogen and oxygen atoms in total. The molecule has 2 unspecified atom stereocenters. The number of halogens is 2. The molecule has 10 amide bonds. The quantitative estimate of drug-likeness (QED) is 0.00825. The average molecular weight is 1620 g/mol. The molecular formula is C75H102Cl2N9O20PS2. The van der Waals surface area contributed by atoms with Crippen molar-refractivity contribution in [3.63, 3.8) is 0 Å². The van der Waals surface area contributed by atoms with Gasteiger partial charge in [0.1, 0.15) is 17.8 Å². The van der Waals surface area contributed by atoms with E-state index in [1.807, 2.05) is 24.6 Å². The van der Waals surface area contributed by atoms with Gasteiger partial charge in [-0.2, -0.15) is 0 Å². The van der Waals surface area contributed by atoms with Gasteiger partial charge in [0.05, 0.1) is 101 Å². The molecular weight excluding hydrogens is 1510 g/mol. The number of amides is 10. The molecule has 0 bridgehead atoms. The topological polar surface area (TPSA) is 372 Å². The Hall–Kier alpha value is -7.36. The van der Waals surface area contributed by atoms with Crippen LogP contribution < -0.4 is 41.2 Å². The summed E-state index contributed by atoms with van der Waals surface area (Å²) in [6.45, 7) is 14.2. The number of nitrogens with zero attached hydrogens (tertiary/aromatic N) is 4. The van der Waals surface area contributed by atoms with Crippen molar-refractivity contribution in [3.05, 3.63) is 92.7 Å². The lowest BCUT2D eigenvalue weighted by Gasteiger charge is -2.25. The second-order valence-corrected chi connectivity index (χ2v) is 31.1. The number of imide groups is 1. The smallest absolute Gasteiger partial charge is 0.409 e. The van der Waals surface area contributed by atoms with Crippen molar-refractivity contribution in [3.8, 4) is 11.5 Å². The first-order valence-corrected chi connectivity index (χ1v) is 41.0. The number of rotatable bonds is 47. The zero-order valence-electron chi connectivity index (χ0n) is 62.7. The number of likely N-dealkylation sites (N-methyl/N-ethyl adjacent to an activating group) is 2. The van der Waals surface area contributed by atoms with Crippen LogP contribution in [0.5, 0.6) is 11.5 Å². The lowest BCUT2D eigenvalue weighted by molar-refractivity contribution is -0.138. The number of benzene rings is 3. The minimum Gasteiger partial charge on any atom is -0.409 e. The summed E-state index contributed by atoms with van der Waals surface area (Å²) in [5.74, 6) is -1.83. The van der Waals surface area contributed by atoms with E-state index in [0.717, 1.165) is 60.2 Å².